The van der Waals surface area contributed by atoms with Crippen molar-refractivity contribution < 1.29 is 30.7 Å². The van der Waals surface area contributed by atoms with Crippen LogP contribution in [0.2, 0.25) is 0 Å². The van der Waals surface area contributed by atoms with Crippen LogP contribution in [0.25, 0.3) is 5.70 Å². The Morgan fingerprint density at radius 1 is 0.688 bits per heavy atom. The van der Waals surface area contributed by atoms with Crippen molar-refractivity contribution in [2.24, 2.45) is 0 Å². The maximum absolute atomic E-state index is 15.7. The number of hydrogen-bond acceptors (Lipinski definition) is 3. The molecule has 1 aliphatic heterocycles. The molecule has 2 aromatic carbocycles. The van der Waals surface area contributed by atoms with Gasteiger partial charge in [-0.3, -0.25) is 9.88 Å². The van der Waals surface area contributed by atoms with Crippen LogP contribution in [0.5, 0.6) is 0 Å². The SMILES string of the molecule is FC1=C(c2ccccc2)N(c2ccc(C(F)(F)F)cc2)C(C(F)(F)F)N1c1ccncc1. The quantitative estimate of drug-likeness (QED) is 0.329. The highest BCUT2D eigenvalue weighted by atomic mass is 19.4. The van der Waals surface area contributed by atoms with Crippen molar-refractivity contribution in [3.05, 3.63) is 96.2 Å². The Hall–Kier alpha value is -3.56. The van der Waals surface area contributed by atoms with E-state index in [1.165, 1.54) is 48.8 Å². The highest BCUT2D eigenvalue weighted by Crippen LogP contribution is 2.47. The zero-order valence-corrected chi connectivity index (χ0v) is 16.1. The minimum Gasteiger partial charge on any atom is -0.308 e. The highest BCUT2D eigenvalue weighted by molar-refractivity contribution is 5.88. The predicted molar refractivity (Wildman–Crippen MR) is 105 cm³/mol. The van der Waals surface area contributed by atoms with Crippen molar-refractivity contribution in [2.45, 2.75) is 18.5 Å². The summed E-state index contributed by atoms with van der Waals surface area (Å²) in [5.74, 6) is -1.19. The Labute approximate surface area is 178 Å². The zero-order valence-electron chi connectivity index (χ0n) is 16.1. The number of hydrogen-bond donors (Lipinski definition) is 0. The topological polar surface area (TPSA) is 19.4 Å². The van der Waals surface area contributed by atoms with Gasteiger partial charge < -0.3 is 4.90 Å². The standard InChI is InChI=1S/C22H14F7N3/c23-19-18(14-4-2-1-3-5-14)31(16-8-6-15(7-9-16)21(24,25)26)20(22(27,28)29)32(19)17-10-12-30-13-11-17/h1-13,20H. The van der Waals surface area contributed by atoms with Gasteiger partial charge in [0.2, 0.25) is 12.1 Å². The van der Waals surface area contributed by atoms with Gasteiger partial charge in [0, 0.05) is 29.3 Å². The van der Waals surface area contributed by atoms with Crippen LogP contribution in [0.4, 0.5) is 42.1 Å². The van der Waals surface area contributed by atoms with E-state index < -0.39 is 35.7 Å². The summed E-state index contributed by atoms with van der Waals surface area (Å²) in [6, 6.07) is 13.1. The minimum absolute atomic E-state index is 0.109. The van der Waals surface area contributed by atoms with E-state index in [-0.39, 0.29) is 16.9 Å². The number of pyridine rings is 1. The van der Waals surface area contributed by atoms with E-state index in [1.807, 2.05) is 0 Å². The van der Waals surface area contributed by atoms with Gasteiger partial charge in [0.25, 0.3) is 0 Å². The average Bonchev–Trinajstić information content (AvgIpc) is 3.08. The lowest BCUT2D eigenvalue weighted by atomic mass is 10.1. The third-order valence-corrected chi connectivity index (χ3v) is 4.89. The lowest BCUT2D eigenvalue weighted by Gasteiger charge is -2.35. The van der Waals surface area contributed by atoms with Gasteiger partial charge in [-0.05, 0) is 36.4 Å². The molecule has 0 aliphatic carbocycles. The molecule has 1 aliphatic rings. The molecule has 0 saturated heterocycles. The van der Waals surface area contributed by atoms with Crippen molar-refractivity contribution >= 4 is 17.1 Å². The molecular weight excluding hydrogens is 439 g/mol. The fourth-order valence-electron chi connectivity index (χ4n) is 3.55. The van der Waals surface area contributed by atoms with E-state index in [4.69, 9.17) is 0 Å². The van der Waals surface area contributed by atoms with Gasteiger partial charge in [0.1, 0.15) is 5.70 Å². The lowest BCUT2D eigenvalue weighted by molar-refractivity contribution is -0.145. The molecule has 4 rings (SSSR count). The molecule has 1 aromatic heterocycles. The molecule has 32 heavy (non-hydrogen) atoms. The first-order chi connectivity index (χ1) is 15.1. The first-order valence-corrected chi connectivity index (χ1v) is 9.26. The van der Waals surface area contributed by atoms with Crippen LogP contribution in [0.1, 0.15) is 11.1 Å². The van der Waals surface area contributed by atoms with Gasteiger partial charge in [0.05, 0.1) is 5.56 Å². The van der Waals surface area contributed by atoms with E-state index in [2.05, 4.69) is 4.98 Å². The average molecular weight is 453 g/mol. The van der Waals surface area contributed by atoms with Crippen LogP contribution in [-0.4, -0.2) is 17.3 Å². The molecule has 0 amide bonds. The Kier molecular flexibility index (Phi) is 5.31. The molecule has 166 valence electrons. The largest absolute Gasteiger partial charge is 0.428 e. The molecule has 0 spiro atoms. The number of halogens is 7. The molecule has 10 heteroatoms. The minimum atomic E-state index is -4.97. The predicted octanol–water partition coefficient (Wildman–Crippen LogP) is 6.61. The molecule has 2 heterocycles. The Morgan fingerprint density at radius 2 is 1.25 bits per heavy atom. The van der Waals surface area contributed by atoms with Crippen LogP contribution >= 0.6 is 0 Å². The third-order valence-electron chi connectivity index (χ3n) is 4.89. The maximum atomic E-state index is 15.7. The van der Waals surface area contributed by atoms with E-state index in [9.17, 15) is 26.3 Å². The molecule has 3 aromatic rings. The summed E-state index contributed by atoms with van der Waals surface area (Å²) in [4.78, 5) is 4.87. The third kappa shape index (κ3) is 3.88. The molecule has 1 atom stereocenters. The van der Waals surface area contributed by atoms with Gasteiger partial charge in [-0.25, -0.2) is 0 Å². The summed E-state index contributed by atoms with van der Waals surface area (Å²) in [6.45, 7) is 0. The number of nitrogens with zero attached hydrogens (tertiary/aromatic N) is 3. The van der Waals surface area contributed by atoms with Crippen molar-refractivity contribution in [2.75, 3.05) is 9.80 Å². The smallest absolute Gasteiger partial charge is 0.308 e. The number of rotatable bonds is 3. The fourth-order valence-corrected chi connectivity index (χ4v) is 3.55. The monoisotopic (exact) mass is 453 g/mol. The second-order valence-electron chi connectivity index (χ2n) is 6.91. The summed E-state index contributed by atoms with van der Waals surface area (Å²) in [5.41, 5.74) is -1.66. The zero-order chi connectivity index (χ0) is 23.1. The Bertz CT molecular complexity index is 1110. The van der Waals surface area contributed by atoms with Gasteiger partial charge in [-0.15, -0.1) is 0 Å². The summed E-state index contributed by atoms with van der Waals surface area (Å²) in [7, 11) is 0. The molecule has 0 bridgehead atoms. The molecule has 0 N–H and O–H groups in total. The fraction of sp³-hybridized carbons (Fsp3) is 0.136. The second-order valence-corrected chi connectivity index (χ2v) is 6.91. The lowest BCUT2D eigenvalue weighted by Crippen LogP contribution is -2.51. The van der Waals surface area contributed by atoms with Crippen LogP contribution in [0, 0.1) is 0 Å². The van der Waals surface area contributed by atoms with Crippen molar-refractivity contribution in [3.8, 4) is 0 Å². The summed E-state index contributed by atoms with van der Waals surface area (Å²) in [6.07, 6.45) is -9.73. The van der Waals surface area contributed by atoms with Crippen LogP contribution < -0.4 is 9.80 Å². The van der Waals surface area contributed by atoms with E-state index in [0.717, 1.165) is 12.1 Å². The molecule has 1 unspecified atom stereocenters. The van der Waals surface area contributed by atoms with Gasteiger partial charge in [0.15, 0.2) is 0 Å². The van der Waals surface area contributed by atoms with Crippen LogP contribution in [0.15, 0.2) is 85.1 Å². The number of benzene rings is 2. The van der Waals surface area contributed by atoms with E-state index in [1.54, 1.807) is 6.07 Å². The second kappa shape index (κ2) is 7.85. The summed E-state index contributed by atoms with van der Waals surface area (Å²) in [5, 5.41) is 0. The first kappa shape index (κ1) is 21.7. The van der Waals surface area contributed by atoms with E-state index in [0.29, 0.717) is 21.9 Å². The van der Waals surface area contributed by atoms with Crippen LogP contribution in [-0.2, 0) is 6.18 Å². The van der Waals surface area contributed by atoms with Crippen molar-refractivity contribution in [3.63, 3.8) is 0 Å². The van der Waals surface area contributed by atoms with Gasteiger partial charge in [-0.2, -0.15) is 30.7 Å². The van der Waals surface area contributed by atoms with Crippen molar-refractivity contribution in [1.82, 2.24) is 4.98 Å². The maximum Gasteiger partial charge on any atom is 0.428 e. The Balaban J connectivity index is 1.93. The molecule has 0 saturated carbocycles. The number of aromatic nitrogens is 1. The van der Waals surface area contributed by atoms with Crippen molar-refractivity contribution in [1.29, 1.82) is 0 Å². The molecular formula is C22H14F7N3. The van der Waals surface area contributed by atoms with Crippen LogP contribution in [0.3, 0.4) is 0 Å². The highest BCUT2D eigenvalue weighted by Gasteiger charge is 2.55. The molecule has 0 fully saturated rings. The summed E-state index contributed by atoms with van der Waals surface area (Å²) >= 11 is 0. The Morgan fingerprint density at radius 3 is 1.78 bits per heavy atom. The van der Waals surface area contributed by atoms with E-state index >= 15 is 4.39 Å². The molecule has 3 nitrogen and oxygen atoms in total. The number of anilines is 2. The van der Waals surface area contributed by atoms with Gasteiger partial charge in [-0.1, -0.05) is 30.3 Å². The summed E-state index contributed by atoms with van der Waals surface area (Å²) < 4.78 is 97.5. The first-order valence-electron chi connectivity index (χ1n) is 9.26. The van der Waals surface area contributed by atoms with Gasteiger partial charge >= 0.3 is 12.4 Å². The number of alkyl halides is 6. The molecule has 0 radical (unpaired) electrons. The normalized spacial score (nSPS) is 17.3.